The average molecular weight is 298 g/mol. The first-order valence-electron chi connectivity index (χ1n) is 7.10. The summed E-state index contributed by atoms with van der Waals surface area (Å²) in [6.07, 6.45) is 5.55. The largest absolute Gasteiger partial charge is 0.469 e. The SMILES string of the molecule is CC(CCc1ccco1)Nc1cccc(-c2nccs2)c1. The first-order valence-corrected chi connectivity index (χ1v) is 7.98. The molecule has 108 valence electrons. The Morgan fingerprint density at radius 3 is 3.00 bits per heavy atom. The molecular formula is C17H18N2OS. The van der Waals surface area contributed by atoms with Gasteiger partial charge in [-0.05, 0) is 37.6 Å². The van der Waals surface area contributed by atoms with Crippen molar-refractivity contribution in [3.05, 3.63) is 60.0 Å². The molecule has 1 aromatic carbocycles. The number of furan rings is 1. The molecule has 1 N–H and O–H groups in total. The lowest BCUT2D eigenvalue weighted by molar-refractivity contribution is 0.495. The summed E-state index contributed by atoms with van der Waals surface area (Å²) in [4.78, 5) is 4.36. The van der Waals surface area contributed by atoms with E-state index >= 15 is 0 Å². The Balaban J connectivity index is 1.60. The molecule has 0 saturated heterocycles. The highest BCUT2D eigenvalue weighted by Crippen LogP contribution is 2.25. The van der Waals surface area contributed by atoms with E-state index in [1.54, 1.807) is 17.6 Å². The molecule has 2 heterocycles. The van der Waals surface area contributed by atoms with E-state index in [-0.39, 0.29) is 0 Å². The normalized spacial score (nSPS) is 12.2. The van der Waals surface area contributed by atoms with Gasteiger partial charge in [0.1, 0.15) is 10.8 Å². The smallest absolute Gasteiger partial charge is 0.123 e. The maximum Gasteiger partial charge on any atom is 0.123 e. The minimum absolute atomic E-state index is 0.390. The molecule has 21 heavy (non-hydrogen) atoms. The Bertz CT molecular complexity index is 662. The number of anilines is 1. The summed E-state index contributed by atoms with van der Waals surface area (Å²) in [6.45, 7) is 2.19. The zero-order chi connectivity index (χ0) is 14.5. The third kappa shape index (κ3) is 3.73. The van der Waals surface area contributed by atoms with Crippen molar-refractivity contribution < 1.29 is 4.42 Å². The van der Waals surface area contributed by atoms with Crippen molar-refractivity contribution in [2.75, 3.05) is 5.32 Å². The standard InChI is InChI=1S/C17H18N2OS/c1-13(7-8-16-6-3-10-20-16)19-15-5-2-4-14(12-15)17-18-9-11-21-17/h2-6,9-13,19H,7-8H2,1H3. The van der Waals surface area contributed by atoms with Gasteiger partial charge in [0, 0.05) is 35.3 Å². The number of rotatable bonds is 6. The van der Waals surface area contributed by atoms with E-state index in [0.717, 1.165) is 34.9 Å². The highest BCUT2D eigenvalue weighted by atomic mass is 32.1. The molecule has 1 unspecified atom stereocenters. The molecule has 0 saturated carbocycles. The fourth-order valence-corrected chi connectivity index (χ4v) is 2.91. The van der Waals surface area contributed by atoms with Crippen LogP contribution < -0.4 is 5.32 Å². The van der Waals surface area contributed by atoms with E-state index in [9.17, 15) is 0 Å². The van der Waals surface area contributed by atoms with E-state index in [2.05, 4.69) is 41.5 Å². The zero-order valence-electron chi connectivity index (χ0n) is 12.0. The molecule has 0 amide bonds. The first kappa shape index (κ1) is 13.9. The molecule has 0 aliphatic rings. The summed E-state index contributed by atoms with van der Waals surface area (Å²) in [5.41, 5.74) is 2.29. The first-order chi connectivity index (χ1) is 10.3. The molecule has 3 nitrogen and oxygen atoms in total. The van der Waals surface area contributed by atoms with Crippen LogP contribution in [-0.4, -0.2) is 11.0 Å². The Kier molecular flexibility index (Phi) is 4.36. The van der Waals surface area contributed by atoms with E-state index in [1.165, 1.54) is 0 Å². The van der Waals surface area contributed by atoms with E-state index in [4.69, 9.17) is 4.42 Å². The van der Waals surface area contributed by atoms with Crippen LogP contribution in [0.2, 0.25) is 0 Å². The topological polar surface area (TPSA) is 38.1 Å². The Hall–Kier alpha value is -2.07. The summed E-state index contributed by atoms with van der Waals surface area (Å²) in [5.74, 6) is 1.04. The van der Waals surface area contributed by atoms with Crippen molar-refractivity contribution in [1.82, 2.24) is 4.98 Å². The minimum Gasteiger partial charge on any atom is -0.469 e. The predicted octanol–water partition coefficient (Wildman–Crippen LogP) is 4.84. The Morgan fingerprint density at radius 1 is 1.29 bits per heavy atom. The third-order valence-corrected chi connectivity index (χ3v) is 4.18. The van der Waals surface area contributed by atoms with Gasteiger partial charge in [-0.25, -0.2) is 4.98 Å². The van der Waals surface area contributed by atoms with Crippen molar-refractivity contribution in [3.8, 4) is 10.6 Å². The molecule has 1 atom stereocenters. The van der Waals surface area contributed by atoms with Crippen LogP contribution in [0.5, 0.6) is 0 Å². The number of aromatic nitrogens is 1. The number of nitrogens with zero attached hydrogens (tertiary/aromatic N) is 1. The maximum absolute atomic E-state index is 5.37. The number of hydrogen-bond donors (Lipinski definition) is 1. The van der Waals surface area contributed by atoms with Crippen molar-refractivity contribution in [3.63, 3.8) is 0 Å². The summed E-state index contributed by atoms with van der Waals surface area (Å²) >= 11 is 1.66. The highest BCUT2D eigenvalue weighted by molar-refractivity contribution is 7.13. The van der Waals surface area contributed by atoms with Gasteiger partial charge in [0.25, 0.3) is 0 Å². The monoisotopic (exact) mass is 298 g/mol. The van der Waals surface area contributed by atoms with Gasteiger partial charge in [0.15, 0.2) is 0 Å². The molecule has 4 heteroatoms. The Labute approximate surface area is 128 Å². The Morgan fingerprint density at radius 2 is 2.24 bits per heavy atom. The highest BCUT2D eigenvalue weighted by Gasteiger charge is 2.06. The number of nitrogens with one attached hydrogen (secondary N) is 1. The number of thiazole rings is 1. The lowest BCUT2D eigenvalue weighted by atomic mass is 10.1. The number of hydrogen-bond acceptors (Lipinski definition) is 4. The molecule has 0 radical (unpaired) electrons. The molecule has 0 fully saturated rings. The fraction of sp³-hybridized carbons (Fsp3) is 0.235. The second-order valence-electron chi connectivity index (χ2n) is 5.08. The average Bonchev–Trinajstić information content (AvgIpc) is 3.19. The van der Waals surface area contributed by atoms with Gasteiger partial charge in [-0.1, -0.05) is 12.1 Å². The van der Waals surface area contributed by atoms with E-state index in [1.807, 2.05) is 23.7 Å². The van der Waals surface area contributed by atoms with Crippen LogP contribution >= 0.6 is 11.3 Å². The van der Waals surface area contributed by atoms with E-state index in [0.29, 0.717) is 6.04 Å². The second kappa shape index (κ2) is 6.59. The summed E-state index contributed by atoms with van der Waals surface area (Å²) in [7, 11) is 0. The van der Waals surface area contributed by atoms with Crippen molar-refractivity contribution >= 4 is 17.0 Å². The van der Waals surface area contributed by atoms with Crippen LogP contribution in [0.3, 0.4) is 0 Å². The molecular weight excluding hydrogens is 280 g/mol. The second-order valence-corrected chi connectivity index (χ2v) is 5.98. The van der Waals surface area contributed by atoms with Gasteiger partial charge in [0.2, 0.25) is 0 Å². The third-order valence-electron chi connectivity index (χ3n) is 3.36. The molecule has 0 aliphatic carbocycles. The van der Waals surface area contributed by atoms with Gasteiger partial charge in [-0.3, -0.25) is 0 Å². The molecule has 3 aromatic rings. The predicted molar refractivity (Wildman–Crippen MR) is 87.7 cm³/mol. The zero-order valence-corrected chi connectivity index (χ0v) is 12.8. The molecule has 0 bridgehead atoms. The summed E-state index contributed by atoms with van der Waals surface area (Å²) < 4.78 is 5.37. The van der Waals surface area contributed by atoms with Gasteiger partial charge < -0.3 is 9.73 Å². The summed E-state index contributed by atoms with van der Waals surface area (Å²) in [6, 6.07) is 12.8. The lowest BCUT2D eigenvalue weighted by Crippen LogP contribution is -2.15. The van der Waals surface area contributed by atoms with Crippen LogP contribution in [0.4, 0.5) is 5.69 Å². The van der Waals surface area contributed by atoms with E-state index < -0.39 is 0 Å². The van der Waals surface area contributed by atoms with Gasteiger partial charge in [-0.2, -0.15) is 0 Å². The number of aryl methyl sites for hydroxylation is 1. The van der Waals surface area contributed by atoms with Crippen molar-refractivity contribution in [2.24, 2.45) is 0 Å². The number of benzene rings is 1. The molecule has 0 spiro atoms. The quantitative estimate of drug-likeness (QED) is 0.708. The van der Waals surface area contributed by atoms with Crippen molar-refractivity contribution in [2.45, 2.75) is 25.8 Å². The molecule has 2 aromatic heterocycles. The minimum atomic E-state index is 0.390. The van der Waals surface area contributed by atoms with Gasteiger partial charge >= 0.3 is 0 Å². The van der Waals surface area contributed by atoms with Gasteiger partial charge in [-0.15, -0.1) is 11.3 Å². The lowest BCUT2D eigenvalue weighted by Gasteiger charge is -2.15. The van der Waals surface area contributed by atoms with Crippen LogP contribution in [0.1, 0.15) is 19.1 Å². The van der Waals surface area contributed by atoms with Crippen LogP contribution in [0.15, 0.2) is 58.7 Å². The van der Waals surface area contributed by atoms with Crippen molar-refractivity contribution in [1.29, 1.82) is 0 Å². The van der Waals surface area contributed by atoms with Crippen LogP contribution in [-0.2, 0) is 6.42 Å². The maximum atomic E-state index is 5.37. The fourth-order valence-electron chi connectivity index (χ4n) is 2.28. The van der Waals surface area contributed by atoms with Gasteiger partial charge in [0.05, 0.1) is 6.26 Å². The summed E-state index contributed by atoms with van der Waals surface area (Å²) in [5, 5.41) is 6.60. The molecule has 3 rings (SSSR count). The van der Waals surface area contributed by atoms with Crippen LogP contribution in [0, 0.1) is 0 Å². The molecule has 0 aliphatic heterocycles. The van der Waals surface area contributed by atoms with Crippen LogP contribution in [0.25, 0.3) is 10.6 Å².